The highest BCUT2D eigenvalue weighted by atomic mass is 16.3. The van der Waals surface area contributed by atoms with Crippen LogP contribution in [-0.2, 0) is 6.61 Å². The highest BCUT2D eigenvalue weighted by Crippen LogP contribution is 2.12. The van der Waals surface area contributed by atoms with Crippen LogP contribution >= 0.6 is 0 Å². The van der Waals surface area contributed by atoms with Crippen molar-refractivity contribution in [3.8, 4) is 0 Å². The lowest BCUT2D eigenvalue weighted by molar-refractivity contribution is 0.276. The zero-order chi connectivity index (χ0) is 9.19. The summed E-state index contributed by atoms with van der Waals surface area (Å²) in [6.07, 6.45) is 0. The molecule has 1 aromatic heterocycles. The van der Waals surface area contributed by atoms with Crippen LogP contribution in [0.25, 0.3) is 0 Å². The topological polar surface area (TPSA) is 60.9 Å². The van der Waals surface area contributed by atoms with Crippen molar-refractivity contribution in [3.63, 3.8) is 0 Å². The highest BCUT2D eigenvalue weighted by Gasteiger charge is 2.10. The van der Waals surface area contributed by atoms with Crippen LogP contribution in [0.3, 0.4) is 0 Å². The predicted octanol–water partition coefficient (Wildman–Crippen LogP) is 1.11. The number of rotatable bonds is 2. The number of aromatic amines is 1. The van der Waals surface area contributed by atoms with Crippen molar-refractivity contribution in [1.82, 2.24) is 10.2 Å². The predicted molar refractivity (Wildman–Crippen MR) is 47.9 cm³/mol. The zero-order valence-electron chi connectivity index (χ0n) is 7.68. The molecule has 12 heavy (non-hydrogen) atoms. The quantitative estimate of drug-likeness (QED) is 0.621. The molecule has 0 bridgehead atoms. The number of hydrogen-bond donors (Lipinski definition) is 3. The third-order valence-corrected chi connectivity index (χ3v) is 1.30. The minimum absolute atomic E-state index is 0.00117. The number of aliphatic hydroxyl groups is 1. The van der Waals surface area contributed by atoms with Gasteiger partial charge in [0.1, 0.15) is 5.82 Å². The second-order valence-corrected chi connectivity index (χ2v) is 3.81. The molecule has 0 saturated heterocycles. The van der Waals surface area contributed by atoms with Gasteiger partial charge in [-0.3, -0.25) is 5.10 Å². The lowest BCUT2D eigenvalue weighted by Gasteiger charge is -2.19. The van der Waals surface area contributed by atoms with Gasteiger partial charge in [0, 0.05) is 11.6 Å². The van der Waals surface area contributed by atoms with Gasteiger partial charge in [0.2, 0.25) is 0 Å². The van der Waals surface area contributed by atoms with Gasteiger partial charge >= 0.3 is 0 Å². The maximum absolute atomic E-state index is 8.75. The summed E-state index contributed by atoms with van der Waals surface area (Å²) in [5.41, 5.74) is 0.726. The van der Waals surface area contributed by atoms with Gasteiger partial charge in [-0.1, -0.05) is 0 Å². The lowest BCUT2D eigenvalue weighted by Crippen LogP contribution is -2.26. The van der Waals surface area contributed by atoms with Crippen LogP contribution in [0.2, 0.25) is 0 Å². The average molecular weight is 169 g/mol. The van der Waals surface area contributed by atoms with E-state index < -0.39 is 0 Å². The normalized spacial score (nSPS) is 11.7. The molecular weight excluding hydrogens is 154 g/mol. The monoisotopic (exact) mass is 169 g/mol. The van der Waals surface area contributed by atoms with E-state index in [-0.39, 0.29) is 12.1 Å². The molecule has 0 aromatic carbocycles. The lowest BCUT2D eigenvalue weighted by atomic mass is 10.1. The zero-order valence-corrected chi connectivity index (χ0v) is 7.68. The van der Waals surface area contributed by atoms with Crippen molar-refractivity contribution in [2.75, 3.05) is 5.32 Å². The molecule has 0 aliphatic carbocycles. The van der Waals surface area contributed by atoms with Crippen molar-refractivity contribution in [1.29, 1.82) is 0 Å². The summed E-state index contributed by atoms with van der Waals surface area (Å²) in [7, 11) is 0. The molecule has 68 valence electrons. The van der Waals surface area contributed by atoms with Crippen LogP contribution in [0.5, 0.6) is 0 Å². The van der Waals surface area contributed by atoms with Gasteiger partial charge in [-0.15, -0.1) is 0 Å². The molecule has 0 amide bonds. The molecule has 0 unspecified atom stereocenters. The standard InChI is InChI=1S/C8H15N3O/c1-8(2,3)9-7-4-6(5-12)10-11-7/h4,12H,5H2,1-3H3,(H2,9,10,11). The summed E-state index contributed by atoms with van der Waals surface area (Å²) in [4.78, 5) is 0. The molecule has 0 spiro atoms. The number of anilines is 1. The van der Waals surface area contributed by atoms with E-state index in [1.54, 1.807) is 6.07 Å². The van der Waals surface area contributed by atoms with E-state index in [0.717, 1.165) is 11.5 Å². The maximum atomic E-state index is 8.75. The molecule has 0 fully saturated rings. The molecule has 0 aliphatic rings. The Bertz CT molecular complexity index is 249. The Morgan fingerprint density at radius 3 is 2.67 bits per heavy atom. The molecule has 1 heterocycles. The maximum Gasteiger partial charge on any atom is 0.148 e. The van der Waals surface area contributed by atoms with Crippen molar-refractivity contribution in [3.05, 3.63) is 11.8 Å². The summed E-state index contributed by atoms with van der Waals surface area (Å²) in [5, 5.41) is 18.6. The Balaban J connectivity index is 2.64. The first-order chi connectivity index (χ1) is 5.51. The SMILES string of the molecule is CC(C)(C)Nc1cc(CO)[nH]n1. The molecule has 0 saturated carbocycles. The molecule has 0 radical (unpaired) electrons. The van der Waals surface area contributed by atoms with E-state index in [1.165, 1.54) is 0 Å². The first-order valence-electron chi connectivity index (χ1n) is 3.94. The first-order valence-corrected chi connectivity index (χ1v) is 3.94. The van der Waals surface area contributed by atoms with Gasteiger partial charge < -0.3 is 10.4 Å². The summed E-state index contributed by atoms with van der Waals surface area (Å²) < 4.78 is 0. The van der Waals surface area contributed by atoms with Gasteiger partial charge in [-0.05, 0) is 20.8 Å². The van der Waals surface area contributed by atoms with Crippen molar-refractivity contribution in [2.45, 2.75) is 32.9 Å². The molecule has 3 N–H and O–H groups in total. The summed E-state index contributed by atoms with van der Waals surface area (Å²) in [6, 6.07) is 1.80. The van der Waals surface area contributed by atoms with Crippen LogP contribution in [0.15, 0.2) is 6.07 Å². The minimum Gasteiger partial charge on any atom is -0.390 e. The average Bonchev–Trinajstić information content (AvgIpc) is 2.32. The molecule has 4 heteroatoms. The molecule has 0 aliphatic heterocycles. The van der Waals surface area contributed by atoms with Crippen molar-refractivity contribution < 1.29 is 5.11 Å². The fraction of sp³-hybridized carbons (Fsp3) is 0.625. The van der Waals surface area contributed by atoms with Crippen LogP contribution < -0.4 is 5.32 Å². The summed E-state index contributed by atoms with van der Waals surface area (Å²) in [5.74, 6) is 0.770. The summed E-state index contributed by atoms with van der Waals surface area (Å²) >= 11 is 0. The number of hydrogen-bond acceptors (Lipinski definition) is 3. The number of aromatic nitrogens is 2. The molecule has 4 nitrogen and oxygen atoms in total. The first kappa shape index (κ1) is 9.06. The molecular formula is C8H15N3O. The number of aliphatic hydroxyl groups excluding tert-OH is 1. The largest absolute Gasteiger partial charge is 0.390 e. The van der Waals surface area contributed by atoms with Gasteiger partial charge in [0.15, 0.2) is 0 Å². The Morgan fingerprint density at radius 1 is 1.58 bits per heavy atom. The summed E-state index contributed by atoms with van der Waals surface area (Å²) in [6.45, 7) is 6.17. The third kappa shape index (κ3) is 2.54. The van der Waals surface area contributed by atoms with Gasteiger partial charge in [0.25, 0.3) is 0 Å². The van der Waals surface area contributed by atoms with E-state index in [2.05, 4.69) is 36.3 Å². The van der Waals surface area contributed by atoms with Gasteiger partial charge in [-0.2, -0.15) is 5.10 Å². The van der Waals surface area contributed by atoms with E-state index in [9.17, 15) is 0 Å². The van der Waals surface area contributed by atoms with Crippen LogP contribution in [0.1, 0.15) is 26.5 Å². The minimum atomic E-state index is -0.00117. The van der Waals surface area contributed by atoms with Crippen LogP contribution in [0.4, 0.5) is 5.82 Å². The van der Waals surface area contributed by atoms with Crippen molar-refractivity contribution >= 4 is 5.82 Å². The highest BCUT2D eigenvalue weighted by molar-refractivity contribution is 5.37. The van der Waals surface area contributed by atoms with E-state index in [4.69, 9.17) is 5.11 Å². The Morgan fingerprint density at radius 2 is 2.25 bits per heavy atom. The second kappa shape index (κ2) is 3.15. The second-order valence-electron chi connectivity index (χ2n) is 3.81. The smallest absolute Gasteiger partial charge is 0.148 e. The van der Waals surface area contributed by atoms with Crippen LogP contribution in [-0.4, -0.2) is 20.8 Å². The number of nitrogens with zero attached hydrogens (tertiary/aromatic N) is 1. The van der Waals surface area contributed by atoms with Crippen molar-refractivity contribution in [2.24, 2.45) is 0 Å². The fourth-order valence-electron chi connectivity index (χ4n) is 0.891. The van der Waals surface area contributed by atoms with E-state index >= 15 is 0 Å². The Kier molecular flexibility index (Phi) is 2.38. The third-order valence-electron chi connectivity index (χ3n) is 1.30. The Labute approximate surface area is 72.0 Å². The van der Waals surface area contributed by atoms with E-state index in [1.807, 2.05) is 0 Å². The molecule has 0 atom stereocenters. The Hall–Kier alpha value is -1.03. The molecule has 1 rings (SSSR count). The van der Waals surface area contributed by atoms with Gasteiger partial charge in [-0.25, -0.2) is 0 Å². The number of nitrogens with one attached hydrogen (secondary N) is 2. The van der Waals surface area contributed by atoms with Gasteiger partial charge in [0.05, 0.1) is 12.3 Å². The number of H-pyrrole nitrogens is 1. The van der Waals surface area contributed by atoms with Crippen LogP contribution in [0, 0.1) is 0 Å². The fourth-order valence-corrected chi connectivity index (χ4v) is 0.891. The molecule has 1 aromatic rings. The van der Waals surface area contributed by atoms with E-state index in [0.29, 0.717) is 0 Å².